The molecule has 5 heteroatoms. The Morgan fingerprint density at radius 1 is 1.47 bits per heavy atom. The normalized spacial score (nSPS) is 16.9. The van der Waals surface area contributed by atoms with E-state index >= 15 is 0 Å². The van der Waals surface area contributed by atoms with Crippen LogP contribution in [0, 0.1) is 25.2 Å². The number of aryl methyl sites for hydroxylation is 2. The quantitative estimate of drug-likeness (QED) is 0.870. The first-order valence-corrected chi connectivity index (χ1v) is 6.38. The number of hydrogen-bond acceptors (Lipinski definition) is 4. The van der Waals surface area contributed by atoms with Gasteiger partial charge in [-0.3, -0.25) is 0 Å². The molecule has 1 aliphatic carbocycles. The summed E-state index contributed by atoms with van der Waals surface area (Å²) in [6.45, 7) is 3.67. The highest BCUT2D eigenvalue weighted by molar-refractivity contribution is 5.83. The number of anilines is 1. The minimum Gasteiger partial charge on any atom is -0.480 e. The van der Waals surface area contributed by atoms with Gasteiger partial charge in [0.15, 0.2) is 0 Å². The van der Waals surface area contributed by atoms with E-state index < -0.39 is 11.5 Å². The van der Waals surface area contributed by atoms with E-state index in [1.807, 2.05) is 19.9 Å². The van der Waals surface area contributed by atoms with Crippen molar-refractivity contribution in [3.05, 3.63) is 22.9 Å². The van der Waals surface area contributed by atoms with Crippen LogP contribution in [0.25, 0.3) is 0 Å². The molecule has 0 spiro atoms. The van der Waals surface area contributed by atoms with Gasteiger partial charge in [0, 0.05) is 5.69 Å². The number of hydrogen-bond donors (Lipinski definition) is 2. The first-order valence-electron chi connectivity index (χ1n) is 6.38. The van der Waals surface area contributed by atoms with E-state index in [1.54, 1.807) is 0 Å². The number of aliphatic carboxylic acids is 1. The van der Waals surface area contributed by atoms with Crippen LogP contribution in [0.3, 0.4) is 0 Å². The first-order chi connectivity index (χ1) is 8.98. The van der Waals surface area contributed by atoms with Crippen molar-refractivity contribution < 1.29 is 9.90 Å². The van der Waals surface area contributed by atoms with Crippen molar-refractivity contribution in [2.24, 2.45) is 0 Å². The third-order valence-electron chi connectivity index (χ3n) is 3.68. The molecule has 0 amide bonds. The SMILES string of the molecule is Cc1cc(C)c(C#N)c(NC2(C(=O)O)CCCC2)n1. The van der Waals surface area contributed by atoms with Crippen LogP contribution < -0.4 is 5.32 Å². The summed E-state index contributed by atoms with van der Waals surface area (Å²) < 4.78 is 0. The molecule has 0 radical (unpaired) electrons. The van der Waals surface area contributed by atoms with Gasteiger partial charge in [-0.25, -0.2) is 9.78 Å². The van der Waals surface area contributed by atoms with Crippen LogP contribution in [0.4, 0.5) is 5.82 Å². The average molecular weight is 259 g/mol. The van der Waals surface area contributed by atoms with Crippen molar-refractivity contribution in [3.8, 4) is 6.07 Å². The smallest absolute Gasteiger partial charge is 0.329 e. The topological polar surface area (TPSA) is 86.0 Å². The summed E-state index contributed by atoms with van der Waals surface area (Å²) in [5.41, 5.74) is 1.05. The van der Waals surface area contributed by atoms with Gasteiger partial charge in [-0.1, -0.05) is 12.8 Å². The lowest BCUT2D eigenvalue weighted by Gasteiger charge is -2.26. The molecule has 0 aliphatic heterocycles. The zero-order valence-corrected chi connectivity index (χ0v) is 11.2. The Morgan fingerprint density at radius 2 is 2.11 bits per heavy atom. The molecule has 1 aliphatic rings. The molecule has 0 unspecified atom stereocenters. The molecule has 100 valence electrons. The van der Waals surface area contributed by atoms with Gasteiger partial charge >= 0.3 is 5.97 Å². The molecule has 2 N–H and O–H groups in total. The van der Waals surface area contributed by atoms with Crippen molar-refractivity contribution in [2.75, 3.05) is 5.32 Å². The van der Waals surface area contributed by atoms with Gasteiger partial charge < -0.3 is 10.4 Å². The van der Waals surface area contributed by atoms with Crippen LogP contribution in [0.15, 0.2) is 6.07 Å². The van der Waals surface area contributed by atoms with Crippen LogP contribution in [-0.4, -0.2) is 21.6 Å². The maximum absolute atomic E-state index is 11.5. The predicted octanol–water partition coefficient (Wildman–Crippen LogP) is 2.38. The predicted molar refractivity (Wildman–Crippen MR) is 70.9 cm³/mol. The lowest BCUT2D eigenvalue weighted by molar-refractivity contribution is -0.142. The molecule has 19 heavy (non-hydrogen) atoms. The number of nitrogens with one attached hydrogen (secondary N) is 1. The van der Waals surface area contributed by atoms with Crippen molar-refractivity contribution in [3.63, 3.8) is 0 Å². The van der Waals surface area contributed by atoms with Crippen LogP contribution in [0.2, 0.25) is 0 Å². The van der Waals surface area contributed by atoms with E-state index in [1.165, 1.54) is 0 Å². The highest BCUT2D eigenvalue weighted by Gasteiger charge is 2.42. The standard InChI is InChI=1S/C14H17N3O2/c1-9-7-10(2)16-12(11(9)8-15)17-14(13(18)19)5-3-4-6-14/h7H,3-6H2,1-2H3,(H,16,17)(H,18,19). The van der Waals surface area contributed by atoms with Gasteiger partial charge in [0.05, 0.1) is 5.56 Å². The van der Waals surface area contributed by atoms with Crippen molar-refractivity contribution in [1.29, 1.82) is 5.26 Å². The number of nitriles is 1. The Kier molecular flexibility index (Phi) is 3.43. The zero-order valence-electron chi connectivity index (χ0n) is 11.2. The molecule has 5 nitrogen and oxygen atoms in total. The molecule has 1 aromatic rings. The summed E-state index contributed by atoms with van der Waals surface area (Å²) in [6, 6.07) is 3.93. The third kappa shape index (κ3) is 2.39. The summed E-state index contributed by atoms with van der Waals surface area (Å²) in [4.78, 5) is 15.8. The molecule has 0 atom stereocenters. The highest BCUT2D eigenvalue weighted by atomic mass is 16.4. The summed E-state index contributed by atoms with van der Waals surface area (Å²) in [5.74, 6) is -0.473. The van der Waals surface area contributed by atoms with Gasteiger partial charge in [0.1, 0.15) is 17.4 Å². The molecular formula is C14H17N3O2. The summed E-state index contributed by atoms with van der Waals surface area (Å²) >= 11 is 0. The lowest BCUT2D eigenvalue weighted by atomic mass is 9.97. The monoisotopic (exact) mass is 259 g/mol. The van der Waals surface area contributed by atoms with Gasteiger partial charge in [-0.05, 0) is 38.3 Å². The van der Waals surface area contributed by atoms with E-state index in [-0.39, 0.29) is 0 Å². The summed E-state index contributed by atoms with van der Waals surface area (Å²) in [6.07, 6.45) is 2.90. The van der Waals surface area contributed by atoms with E-state index in [0.717, 1.165) is 24.1 Å². The largest absolute Gasteiger partial charge is 0.480 e. The number of carboxylic acids is 1. The van der Waals surface area contributed by atoms with Crippen LogP contribution in [0.1, 0.15) is 42.5 Å². The Morgan fingerprint density at radius 3 is 2.63 bits per heavy atom. The number of aromatic nitrogens is 1. The molecule has 1 heterocycles. The van der Waals surface area contributed by atoms with Crippen molar-refractivity contribution in [2.45, 2.75) is 45.1 Å². The second-order valence-corrected chi connectivity index (χ2v) is 5.14. The average Bonchev–Trinajstić information content (AvgIpc) is 2.78. The fourth-order valence-electron chi connectivity index (χ4n) is 2.67. The van der Waals surface area contributed by atoms with E-state index in [0.29, 0.717) is 24.2 Å². The molecule has 0 aromatic carbocycles. The number of rotatable bonds is 3. The maximum atomic E-state index is 11.5. The van der Waals surface area contributed by atoms with Crippen molar-refractivity contribution >= 4 is 11.8 Å². The van der Waals surface area contributed by atoms with E-state index in [9.17, 15) is 15.2 Å². The van der Waals surface area contributed by atoms with E-state index in [4.69, 9.17) is 0 Å². The van der Waals surface area contributed by atoms with Gasteiger partial charge in [-0.2, -0.15) is 5.26 Å². The fraction of sp³-hybridized carbons (Fsp3) is 0.500. The number of pyridine rings is 1. The Bertz CT molecular complexity index is 555. The zero-order chi connectivity index (χ0) is 14.0. The van der Waals surface area contributed by atoms with E-state index in [2.05, 4.69) is 16.4 Å². The van der Waals surface area contributed by atoms with Crippen LogP contribution in [-0.2, 0) is 4.79 Å². The lowest BCUT2D eigenvalue weighted by Crippen LogP contribution is -2.44. The van der Waals surface area contributed by atoms with Gasteiger partial charge in [-0.15, -0.1) is 0 Å². The Balaban J connectivity index is 2.43. The minimum atomic E-state index is -0.973. The number of carbonyl (C=O) groups is 1. The second kappa shape index (κ2) is 4.88. The molecule has 1 saturated carbocycles. The molecular weight excluding hydrogens is 242 g/mol. The molecule has 2 rings (SSSR count). The maximum Gasteiger partial charge on any atom is 0.329 e. The summed E-state index contributed by atoms with van der Waals surface area (Å²) in [7, 11) is 0. The Hall–Kier alpha value is -2.09. The number of carboxylic acid groups (broad SMARTS) is 1. The summed E-state index contributed by atoms with van der Waals surface area (Å²) in [5, 5.41) is 21.7. The minimum absolute atomic E-state index is 0.393. The molecule has 0 saturated heterocycles. The highest BCUT2D eigenvalue weighted by Crippen LogP contribution is 2.34. The Labute approximate surface area is 112 Å². The first kappa shape index (κ1) is 13.3. The van der Waals surface area contributed by atoms with Crippen LogP contribution >= 0.6 is 0 Å². The second-order valence-electron chi connectivity index (χ2n) is 5.14. The van der Waals surface area contributed by atoms with Crippen LogP contribution in [0.5, 0.6) is 0 Å². The third-order valence-corrected chi connectivity index (χ3v) is 3.68. The number of nitrogens with zero attached hydrogens (tertiary/aromatic N) is 2. The van der Waals surface area contributed by atoms with Gasteiger partial charge in [0.2, 0.25) is 0 Å². The molecule has 0 bridgehead atoms. The van der Waals surface area contributed by atoms with Crippen molar-refractivity contribution in [1.82, 2.24) is 4.98 Å². The fourth-order valence-corrected chi connectivity index (χ4v) is 2.67. The van der Waals surface area contributed by atoms with Gasteiger partial charge in [0.25, 0.3) is 0 Å². The molecule has 1 fully saturated rings. The molecule has 1 aromatic heterocycles.